The topological polar surface area (TPSA) is 66.4 Å². The molecule has 0 heterocycles. The number of carbonyl (C=O) groups is 2. The van der Waals surface area contributed by atoms with Crippen LogP contribution in [0.2, 0.25) is 0 Å². The van der Waals surface area contributed by atoms with Gasteiger partial charge in [-0.1, -0.05) is 97.1 Å². The van der Waals surface area contributed by atoms with Crippen molar-refractivity contribution in [1.82, 2.24) is 5.32 Å². The molecule has 9 atom stereocenters. The Morgan fingerprint density at radius 3 is 2.02 bits per heavy atom. The second kappa shape index (κ2) is 20.2. The minimum absolute atomic E-state index is 0.209. The van der Waals surface area contributed by atoms with Gasteiger partial charge in [-0.3, -0.25) is 9.59 Å². The molecule has 0 saturated heterocycles. The largest absolute Gasteiger partial charge is 0.481 e. The van der Waals surface area contributed by atoms with Crippen molar-refractivity contribution < 1.29 is 14.7 Å². The number of thiol groups is 1. The Bertz CT molecular complexity index is 999. The molecule has 0 aliphatic heterocycles. The van der Waals surface area contributed by atoms with Crippen molar-refractivity contribution in [2.75, 3.05) is 0 Å². The van der Waals surface area contributed by atoms with Crippen LogP contribution in [0.1, 0.15) is 194 Å². The van der Waals surface area contributed by atoms with E-state index >= 15 is 0 Å². The van der Waals surface area contributed by atoms with Crippen molar-refractivity contribution in [2.45, 2.75) is 205 Å². The van der Waals surface area contributed by atoms with Gasteiger partial charge in [0.1, 0.15) is 0 Å². The maximum absolute atomic E-state index is 12.9. The van der Waals surface area contributed by atoms with Gasteiger partial charge in [0.25, 0.3) is 0 Å². The fraction of sp³-hybridized carbons (Fsp3) is 0.907. The zero-order valence-electron chi connectivity index (χ0n) is 31.5. The zero-order chi connectivity index (χ0) is 34.4. The third-order valence-corrected chi connectivity index (χ3v) is 15.0. The van der Waals surface area contributed by atoms with Crippen molar-refractivity contribution >= 4 is 24.5 Å². The fourth-order valence-corrected chi connectivity index (χ4v) is 12.2. The summed E-state index contributed by atoms with van der Waals surface area (Å²) in [5, 5.41) is 12.9. The van der Waals surface area contributed by atoms with Gasteiger partial charge in [0.05, 0.1) is 0 Å². The highest BCUT2D eigenvalue weighted by molar-refractivity contribution is 7.81. The Balaban J connectivity index is 1.06. The average Bonchev–Trinajstić information content (AvgIpc) is 3.42. The van der Waals surface area contributed by atoms with Gasteiger partial charge in [0.15, 0.2) is 0 Å². The van der Waals surface area contributed by atoms with Crippen LogP contribution < -0.4 is 5.32 Å². The Hall–Kier alpha value is -0.970. The van der Waals surface area contributed by atoms with Crippen LogP contribution in [0.5, 0.6) is 0 Å². The molecule has 0 radical (unpaired) electrons. The van der Waals surface area contributed by atoms with Gasteiger partial charge >= 0.3 is 5.97 Å². The molecule has 0 aromatic heterocycles. The van der Waals surface area contributed by atoms with E-state index in [1.807, 2.05) is 0 Å². The van der Waals surface area contributed by atoms with E-state index in [9.17, 15) is 14.7 Å². The van der Waals surface area contributed by atoms with Crippen LogP contribution in [-0.4, -0.2) is 28.3 Å². The summed E-state index contributed by atoms with van der Waals surface area (Å²) in [6.07, 6.45) is 37.5. The number of aliphatic carboxylic acids is 1. The summed E-state index contributed by atoms with van der Waals surface area (Å²) in [7, 11) is 0. The predicted molar refractivity (Wildman–Crippen MR) is 205 cm³/mol. The Morgan fingerprint density at radius 1 is 0.750 bits per heavy atom. The van der Waals surface area contributed by atoms with Crippen molar-refractivity contribution in [3.63, 3.8) is 0 Å². The van der Waals surface area contributed by atoms with Gasteiger partial charge in [0, 0.05) is 24.1 Å². The van der Waals surface area contributed by atoms with Crippen LogP contribution >= 0.6 is 12.6 Å². The first-order valence-electron chi connectivity index (χ1n) is 21.0. The van der Waals surface area contributed by atoms with E-state index < -0.39 is 5.97 Å². The van der Waals surface area contributed by atoms with Gasteiger partial charge in [-0.05, 0) is 137 Å². The van der Waals surface area contributed by atoms with Gasteiger partial charge in [-0.25, -0.2) is 0 Å². The van der Waals surface area contributed by atoms with Crippen molar-refractivity contribution in [3.05, 3.63) is 12.2 Å². The standard InChI is InChI=1S/C43H75NO3S/c1-4-5-6-7-8-9-10-11-12-13-14-15-16-17-18-19-20-21-40(45)44-34-28-30-42(2)33(32-34)22-23-35-36-24-25-38(39(48)26-27-41(46)47)43(36,3)31-29-37(35)42/h11-12,33-39,48H,4-10,13-32H2,1-3H3,(H,44,45)(H,46,47)/b12-11-/t33?,34?,35?,36?,37?,38?,39-,42?,43?/m1/s1. The minimum Gasteiger partial charge on any atom is -0.481 e. The van der Waals surface area contributed by atoms with Crippen LogP contribution in [0.3, 0.4) is 0 Å². The molecule has 5 heteroatoms. The minimum atomic E-state index is -0.691. The molecule has 8 unspecified atom stereocenters. The van der Waals surface area contributed by atoms with E-state index in [4.69, 9.17) is 12.6 Å². The van der Waals surface area contributed by atoms with Crippen LogP contribution in [-0.2, 0) is 9.59 Å². The Morgan fingerprint density at radius 2 is 1.35 bits per heavy atom. The summed E-state index contributed by atoms with van der Waals surface area (Å²) in [4.78, 5) is 24.1. The normalized spacial score (nSPS) is 33.6. The SMILES string of the molecule is CCCCCCCC/C=C\CCCCCCCCCC(=O)NC1CCC2(C)C(CCC3C2CCC2(C)C3CCC2[C@H](S)CCC(=O)O)C1. The van der Waals surface area contributed by atoms with Crippen LogP contribution in [0.4, 0.5) is 0 Å². The molecule has 4 saturated carbocycles. The molecule has 0 aromatic rings. The van der Waals surface area contributed by atoms with Gasteiger partial charge in [-0.15, -0.1) is 0 Å². The lowest BCUT2D eigenvalue weighted by molar-refractivity contribution is -0.137. The number of nitrogens with one attached hydrogen (secondary N) is 1. The number of unbranched alkanes of at least 4 members (excludes halogenated alkanes) is 13. The first-order valence-corrected chi connectivity index (χ1v) is 21.5. The van der Waals surface area contributed by atoms with Crippen molar-refractivity contribution in [2.24, 2.45) is 40.4 Å². The van der Waals surface area contributed by atoms with E-state index in [-0.39, 0.29) is 11.7 Å². The Kier molecular flexibility index (Phi) is 16.7. The molecule has 4 nitrogen and oxygen atoms in total. The summed E-state index contributed by atoms with van der Waals surface area (Å²) in [6.45, 7) is 7.43. The molecule has 1 amide bonds. The molecule has 4 rings (SSSR count). The molecular weight excluding hydrogens is 611 g/mol. The first-order chi connectivity index (χ1) is 23.2. The predicted octanol–water partition coefficient (Wildman–Crippen LogP) is 12.1. The second-order valence-corrected chi connectivity index (χ2v) is 18.1. The molecule has 4 aliphatic carbocycles. The molecule has 0 bridgehead atoms. The summed E-state index contributed by atoms with van der Waals surface area (Å²) in [5.41, 5.74) is 0.738. The Labute approximate surface area is 301 Å². The highest BCUT2D eigenvalue weighted by Gasteiger charge is 2.60. The van der Waals surface area contributed by atoms with E-state index in [1.54, 1.807) is 0 Å². The summed E-state index contributed by atoms with van der Waals surface area (Å²) >= 11 is 4.99. The number of hydrogen-bond acceptors (Lipinski definition) is 3. The van der Waals surface area contributed by atoms with Gasteiger partial charge < -0.3 is 10.4 Å². The van der Waals surface area contributed by atoms with Gasteiger partial charge in [0.2, 0.25) is 5.91 Å². The fourth-order valence-electron chi connectivity index (χ4n) is 11.5. The molecule has 0 aromatic carbocycles. The molecule has 48 heavy (non-hydrogen) atoms. The van der Waals surface area contributed by atoms with Crippen LogP contribution in [0.15, 0.2) is 12.2 Å². The average molecular weight is 686 g/mol. The maximum atomic E-state index is 12.9. The number of carboxylic acid groups (broad SMARTS) is 1. The number of fused-ring (bicyclic) bond motifs is 5. The van der Waals surface area contributed by atoms with Crippen LogP contribution in [0, 0.1) is 40.4 Å². The van der Waals surface area contributed by atoms with Crippen LogP contribution in [0.25, 0.3) is 0 Å². The zero-order valence-corrected chi connectivity index (χ0v) is 32.4. The number of rotatable bonds is 22. The highest BCUT2D eigenvalue weighted by atomic mass is 32.1. The molecule has 0 spiro atoms. The quantitative estimate of drug-likeness (QED) is 0.0604. The lowest BCUT2D eigenvalue weighted by Gasteiger charge is -2.61. The maximum Gasteiger partial charge on any atom is 0.303 e. The van der Waals surface area contributed by atoms with E-state index in [2.05, 4.69) is 38.2 Å². The van der Waals surface area contributed by atoms with E-state index in [0.717, 1.165) is 36.5 Å². The smallest absolute Gasteiger partial charge is 0.303 e. The molecule has 2 N–H and O–H groups in total. The third kappa shape index (κ3) is 11.0. The summed E-state index contributed by atoms with van der Waals surface area (Å²) in [5.74, 6) is 3.30. The van der Waals surface area contributed by atoms with Crippen molar-refractivity contribution in [3.8, 4) is 0 Å². The molecule has 276 valence electrons. The molecule has 4 fully saturated rings. The molecular formula is C43H75NO3S. The monoisotopic (exact) mass is 686 g/mol. The summed E-state index contributed by atoms with van der Waals surface area (Å²) in [6, 6.07) is 0.371. The number of allylic oxidation sites excluding steroid dienone is 2. The van der Waals surface area contributed by atoms with Crippen molar-refractivity contribution in [1.29, 1.82) is 0 Å². The van der Waals surface area contributed by atoms with E-state index in [1.165, 1.54) is 141 Å². The lowest BCUT2D eigenvalue weighted by Crippen LogP contribution is -2.55. The number of carboxylic acids is 1. The van der Waals surface area contributed by atoms with E-state index in [0.29, 0.717) is 41.5 Å². The van der Waals surface area contributed by atoms with Gasteiger partial charge in [-0.2, -0.15) is 12.6 Å². The third-order valence-electron chi connectivity index (χ3n) is 14.4. The second-order valence-electron chi connectivity index (χ2n) is 17.5. The number of hydrogen-bond donors (Lipinski definition) is 3. The molecule has 4 aliphatic rings. The summed E-state index contributed by atoms with van der Waals surface area (Å²) < 4.78 is 0. The number of carbonyl (C=O) groups excluding carboxylic acids is 1. The lowest BCUT2D eigenvalue weighted by atomic mass is 9.44. The number of amides is 1. The first kappa shape index (κ1) is 39.8. The highest BCUT2D eigenvalue weighted by Crippen LogP contribution is 2.68.